The van der Waals surface area contributed by atoms with Crippen molar-refractivity contribution in [2.24, 2.45) is 5.92 Å². The zero-order valence-corrected chi connectivity index (χ0v) is 9.28. The second-order valence-corrected chi connectivity index (χ2v) is 4.41. The molecule has 4 nitrogen and oxygen atoms in total. The highest BCUT2D eigenvalue weighted by Gasteiger charge is 2.36. The van der Waals surface area contributed by atoms with Crippen molar-refractivity contribution in [1.82, 2.24) is 4.90 Å². The van der Waals surface area contributed by atoms with E-state index >= 15 is 0 Å². The smallest absolute Gasteiger partial charge is 0.323 e. The summed E-state index contributed by atoms with van der Waals surface area (Å²) >= 11 is 0. The van der Waals surface area contributed by atoms with Crippen LogP contribution in [0.2, 0.25) is 0 Å². The summed E-state index contributed by atoms with van der Waals surface area (Å²) in [5.41, 5.74) is 0. The number of ether oxygens (including phenoxy) is 2. The van der Waals surface area contributed by atoms with E-state index in [1.807, 2.05) is 0 Å². The van der Waals surface area contributed by atoms with Crippen molar-refractivity contribution < 1.29 is 14.3 Å². The molecule has 2 rings (SSSR count). The number of esters is 1. The maximum atomic E-state index is 11.4. The van der Waals surface area contributed by atoms with Crippen LogP contribution in [0.5, 0.6) is 0 Å². The van der Waals surface area contributed by atoms with Gasteiger partial charge in [-0.2, -0.15) is 0 Å². The first-order chi connectivity index (χ1) is 7.31. The maximum absolute atomic E-state index is 11.4. The van der Waals surface area contributed by atoms with E-state index in [1.165, 1.54) is 13.5 Å². The summed E-state index contributed by atoms with van der Waals surface area (Å²) in [4.78, 5) is 13.6. The molecule has 0 aromatic heterocycles. The molecule has 2 saturated heterocycles. The molecule has 2 fully saturated rings. The van der Waals surface area contributed by atoms with Crippen LogP contribution in [-0.2, 0) is 14.3 Å². The molecule has 0 aromatic carbocycles. The number of hydrogen-bond donors (Lipinski definition) is 0. The first-order valence-electron chi connectivity index (χ1n) is 5.71. The average Bonchev–Trinajstić information content (AvgIpc) is 2.25. The maximum Gasteiger partial charge on any atom is 0.323 e. The fraction of sp³-hybridized carbons (Fsp3) is 0.909. The number of carbonyl (C=O) groups is 1. The average molecular weight is 213 g/mol. The van der Waals surface area contributed by atoms with E-state index in [0.717, 1.165) is 39.1 Å². The SMILES string of the molecule is COC(=O)C1CCN1CC1CCCOC1. The zero-order valence-electron chi connectivity index (χ0n) is 9.28. The van der Waals surface area contributed by atoms with Gasteiger partial charge in [0.25, 0.3) is 0 Å². The number of methoxy groups -OCH3 is 1. The van der Waals surface area contributed by atoms with E-state index in [9.17, 15) is 4.79 Å². The molecule has 0 spiro atoms. The zero-order chi connectivity index (χ0) is 10.7. The molecule has 0 saturated carbocycles. The van der Waals surface area contributed by atoms with Crippen LogP contribution in [0, 0.1) is 5.92 Å². The Morgan fingerprint density at radius 3 is 2.93 bits per heavy atom. The number of carbonyl (C=O) groups excluding carboxylic acids is 1. The van der Waals surface area contributed by atoms with Crippen LogP contribution in [-0.4, -0.2) is 50.3 Å². The third-order valence-corrected chi connectivity index (χ3v) is 3.35. The molecule has 4 heteroatoms. The van der Waals surface area contributed by atoms with Crippen LogP contribution in [0.3, 0.4) is 0 Å². The monoisotopic (exact) mass is 213 g/mol. The summed E-state index contributed by atoms with van der Waals surface area (Å²) in [6, 6.07) is 0.0110. The molecule has 0 aliphatic carbocycles. The summed E-state index contributed by atoms with van der Waals surface area (Å²) < 4.78 is 10.2. The minimum Gasteiger partial charge on any atom is -0.468 e. The van der Waals surface area contributed by atoms with Gasteiger partial charge >= 0.3 is 5.97 Å². The Bertz CT molecular complexity index is 226. The van der Waals surface area contributed by atoms with E-state index in [2.05, 4.69) is 4.90 Å². The van der Waals surface area contributed by atoms with Crippen molar-refractivity contribution >= 4 is 5.97 Å². The summed E-state index contributed by atoms with van der Waals surface area (Å²) in [5.74, 6) is 0.518. The highest BCUT2D eigenvalue weighted by atomic mass is 16.5. The molecule has 0 N–H and O–H groups in total. The number of likely N-dealkylation sites (tertiary alicyclic amines) is 1. The number of nitrogens with zero attached hydrogens (tertiary/aromatic N) is 1. The lowest BCUT2D eigenvalue weighted by Crippen LogP contribution is -2.54. The van der Waals surface area contributed by atoms with E-state index in [1.54, 1.807) is 0 Å². The van der Waals surface area contributed by atoms with Gasteiger partial charge < -0.3 is 9.47 Å². The molecule has 86 valence electrons. The first kappa shape index (κ1) is 10.9. The highest BCUT2D eigenvalue weighted by Crippen LogP contribution is 2.23. The first-order valence-corrected chi connectivity index (χ1v) is 5.71. The fourth-order valence-electron chi connectivity index (χ4n) is 2.35. The molecule has 2 aliphatic rings. The Morgan fingerprint density at radius 1 is 1.53 bits per heavy atom. The summed E-state index contributed by atoms with van der Waals surface area (Å²) in [6.07, 6.45) is 3.33. The predicted molar refractivity (Wildman–Crippen MR) is 55.5 cm³/mol. The Kier molecular flexibility index (Phi) is 3.59. The molecular weight excluding hydrogens is 194 g/mol. The number of hydrogen-bond acceptors (Lipinski definition) is 4. The molecule has 0 bridgehead atoms. The van der Waals surface area contributed by atoms with Gasteiger partial charge in [-0.1, -0.05) is 0 Å². The van der Waals surface area contributed by atoms with E-state index in [4.69, 9.17) is 9.47 Å². The second kappa shape index (κ2) is 4.94. The van der Waals surface area contributed by atoms with Crippen molar-refractivity contribution in [3.05, 3.63) is 0 Å². The van der Waals surface area contributed by atoms with Crippen LogP contribution in [0.25, 0.3) is 0 Å². The molecule has 2 heterocycles. The van der Waals surface area contributed by atoms with Crippen molar-refractivity contribution in [1.29, 1.82) is 0 Å². The topological polar surface area (TPSA) is 38.8 Å². The van der Waals surface area contributed by atoms with Gasteiger partial charge in [0, 0.05) is 19.7 Å². The van der Waals surface area contributed by atoms with Gasteiger partial charge in [-0.15, -0.1) is 0 Å². The third-order valence-electron chi connectivity index (χ3n) is 3.35. The Labute approximate surface area is 90.5 Å². The summed E-state index contributed by atoms with van der Waals surface area (Å²) in [5, 5.41) is 0. The van der Waals surface area contributed by atoms with E-state index in [-0.39, 0.29) is 12.0 Å². The minimum atomic E-state index is -0.0852. The van der Waals surface area contributed by atoms with E-state index in [0.29, 0.717) is 5.92 Å². The minimum absolute atomic E-state index is 0.0110. The fourth-order valence-corrected chi connectivity index (χ4v) is 2.35. The van der Waals surface area contributed by atoms with Gasteiger partial charge in [0.2, 0.25) is 0 Å². The van der Waals surface area contributed by atoms with Crippen LogP contribution in [0.15, 0.2) is 0 Å². The lowest BCUT2D eigenvalue weighted by Gasteiger charge is -2.41. The summed E-state index contributed by atoms with van der Waals surface area (Å²) in [7, 11) is 1.46. The molecule has 2 aliphatic heterocycles. The van der Waals surface area contributed by atoms with Gasteiger partial charge in [-0.25, -0.2) is 0 Å². The molecule has 0 radical (unpaired) electrons. The standard InChI is InChI=1S/C11H19NO3/c1-14-11(13)10-4-5-12(10)7-9-3-2-6-15-8-9/h9-10H,2-8H2,1H3. The largest absolute Gasteiger partial charge is 0.468 e. The lowest BCUT2D eigenvalue weighted by atomic mass is 9.96. The molecular formula is C11H19NO3. The van der Waals surface area contributed by atoms with Gasteiger partial charge in [-0.3, -0.25) is 9.69 Å². The van der Waals surface area contributed by atoms with Crippen molar-refractivity contribution in [2.45, 2.75) is 25.3 Å². The molecule has 2 unspecified atom stereocenters. The van der Waals surface area contributed by atoms with Gasteiger partial charge in [0.05, 0.1) is 13.7 Å². The molecule has 0 aromatic rings. The lowest BCUT2D eigenvalue weighted by molar-refractivity contribution is -0.152. The van der Waals surface area contributed by atoms with Crippen LogP contribution < -0.4 is 0 Å². The van der Waals surface area contributed by atoms with E-state index < -0.39 is 0 Å². The van der Waals surface area contributed by atoms with Crippen molar-refractivity contribution in [3.8, 4) is 0 Å². The second-order valence-electron chi connectivity index (χ2n) is 4.41. The van der Waals surface area contributed by atoms with Gasteiger partial charge in [-0.05, 0) is 25.2 Å². The van der Waals surface area contributed by atoms with Gasteiger partial charge in [0.1, 0.15) is 6.04 Å². The Morgan fingerprint density at radius 2 is 2.40 bits per heavy atom. The van der Waals surface area contributed by atoms with Crippen molar-refractivity contribution in [2.75, 3.05) is 33.4 Å². The molecule has 15 heavy (non-hydrogen) atoms. The predicted octanol–water partition coefficient (Wildman–Crippen LogP) is 0.660. The van der Waals surface area contributed by atoms with Crippen LogP contribution >= 0.6 is 0 Å². The summed E-state index contributed by atoms with van der Waals surface area (Å²) in [6.45, 7) is 3.76. The Hall–Kier alpha value is -0.610. The normalized spacial score (nSPS) is 32.1. The van der Waals surface area contributed by atoms with Crippen LogP contribution in [0.1, 0.15) is 19.3 Å². The quantitative estimate of drug-likeness (QED) is 0.646. The van der Waals surface area contributed by atoms with Gasteiger partial charge in [0.15, 0.2) is 0 Å². The Balaban J connectivity index is 1.76. The third kappa shape index (κ3) is 2.49. The highest BCUT2D eigenvalue weighted by molar-refractivity contribution is 5.76. The molecule has 0 amide bonds. The number of rotatable bonds is 3. The van der Waals surface area contributed by atoms with Crippen molar-refractivity contribution in [3.63, 3.8) is 0 Å². The van der Waals surface area contributed by atoms with Crippen LogP contribution in [0.4, 0.5) is 0 Å². The molecule has 2 atom stereocenters.